The van der Waals surface area contributed by atoms with Crippen molar-refractivity contribution in [2.45, 2.75) is 25.8 Å². The minimum atomic E-state index is -0.411. The highest BCUT2D eigenvalue weighted by atomic mass is 16.5. The highest BCUT2D eigenvalue weighted by Gasteiger charge is 2.32. The molecule has 0 spiro atoms. The summed E-state index contributed by atoms with van der Waals surface area (Å²) in [5.74, 6) is 0.173. The minimum Gasteiger partial charge on any atom is -0.378 e. The second-order valence-corrected chi connectivity index (χ2v) is 4.44. The van der Waals surface area contributed by atoms with E-state index in [1.165, 1.54) is 0 Å². The molecule has 1 saturated carbocycles. The Morgan fingerprint density at radius 3 is 2.50 bits per heavy atom. The molecule has 90 valence electrons. The van der Waals surface area contributed by atoms with E-state index >= 15 is 0 Å². The lowest BCUT2D eigenvalue weighted by Crippen LogP contribution is -2.50. The standard InChI is InChI=1S/C11H18N2O3/c1-8(12-10(14)9-2-3-9)11(15)13-4-6-16-7-5-13/h8-9H,2-7H2,1H3,(H,12,14)/t8-/m0/s1. The lowest BCUT2D eigenvalue weighted by Gasteiger charge is -2.29. The third-order valence-corrected chi connectivity index (χ3v) is 3.00. The molecule has 1 N–H and O–H groups in total. The molecular weight excluding hydrogens is 208 g/mol. The predicted octanol–water partition coefficient (Wildman–Crippen LogP) is -0.240. The average Bonchev–Trinajstić information content (AvgIpc) is 3.13. The van der Waals surface area contributed by atoms with Gasteiger partial charge < -0.3 is 15.0 Å². The van der Waals surface area contributed by atoms with Gasteiger partial charge in [-0.1, -0.05) is 0 Å². The van der Waals surface area contributed by atoms with E-state index in [1.54, 1.807) is 11.8 Å². The summed E-state index contributed by atoms with van der Waals surface area (Å²) in [6.07, 6.45) is 1.93. The third-order valence-electron chi connectivity index (χ3n) is 3.00. The van der Waals surface area contributed by atoms with Gasteiger partial charge in [-0.15, -0.1) is 0 Å². The van der Waals surface area contributed by atoms with Gasteiger partial charge in [0.2, 0.25) is 11.8 Å². The second kappa shape index (κ2) is 4.82. The molecule has 1 heterocycles. The number of carbonyl (C=O) groups is 2. The van der Waals surface area contributed by atoms with E-state index in [9.17, 15) is 9.59 Å². The molecule has 0 aromatic heterocycles. The van der Waals surface area contributed by atoms with Crippen molar-refractivity contribution in [1.29, 1.82) is 0 Å². The number of rotatable bonds is 3. The Labute approximate surface area is 95.1 Å². The Bertz CT molecular complexity index is 283. The lowest BCUT2D eigenvalue weighted by molar-refractivity contribution is -0.139. The quantitative estimate of drug-likeness (QED) is 0.722. The number of nitrogens with zero attached hydrogens (tertiary/aromatic N) is 1. The fourth-order valence-electron chi connectivity index (χ4n) is 1.80. The first-order valence-electron chi connectivity index (χ1n) is 5.85. The number of carbonyl (C=O) groups excluding carboxylic acids is 2. The van der Waals surface area contributed by atoms with Crippen molar-refractivity contribution >= 4 is 11.8 Å². The Hall–Kier alpha value is -1.10. The maximum absolute atomic E-state index is 11.9. The van der Waals surface area contributed by atoms with E-state index in [0.717, 1.165) is 12.8 Å². The molecule has 0 bridgehead atoms. The summed E-state index contributed by atoms with van der Waals surface area (Å²) in [7, 11) is 0. The number of nitrogens with one attached hydrogen (secondary N) is 1. The van der Waals surface area contributed by atoms with Gasteiger partial charge in [0.25, 0.3) is 0 Å². The molecule has 2 rings (SSSR count). The number of amides is 2. The predicted molar refractivity (Wildman–Crippen MR) is 57.7 cm³/mol. The van der Waals surface area contributed by atoms with Crippen LogP contribution in [0.15, 0.2) is 0 Å². The first-order valence-corrected chi connectivity index (χ1v) is 5.85. The molecule has 1 atom stereocenters. The van der Waals surface area contributed by atoms with Crippen LogP contribution in [0.1, 0.15) is 19.8 Å². The molecule has 2 amide bonds. The molecule has 0 unspecified atom stereocenters. The molecule has 1 aliphatic carbocycles. The molecule has 0 aromatic carbocycles. The van der Waals surface area contributed by atoms with Crippen molar-refractivity contribution in [3.05, 3.63) is 0 Å². The normalized spacial score (nSPS) is 22.7. The van der Waals surface area contributed by atoms with E-state index in [1.807, 2.05) is 0 Å². The van der Waals surface area contributed by atoms with Crippen molar-refractivity contribution in [3.63, 3.8) is 0 Å². The molecule has 16 heavy (non-hydrogen) atoms. The lowest BCUT2D eigenvalue weighted by atomic mass is 10.2. The monoisotopic (exact) mass is 226 g/mol. The highest BCUT2D eigenvalue weighted by Crippen LogP contribution is 2.28. The second-order valence-electron chi connectivity index (χ2n) is 4.44. The van der Waals surface area contributed by atoms with E-state index in [0.29, 0.717) is 26.3 Å². The zero-order chi connectivity index (χ0) is 11.5. The maximum Gasteiger partial charge on any atom is 0.245 e. The molecule has 1 aliphatic heterocycles. The molecule has 0 aromatic rings. The summed E-state index contributed by atoms with van der Waals surface area (Å²) >= 11 is 0. The molecule has 2 aliphatic rings. The largest absolute Gasteiger partial charge is 0.378 e. The number of ether oxygens (including phenoxy) is 1. The first-order chi connectivity index (χ1) is 7.68. The fraction of sp³-hybridized carbons (Fsp3) is 0.818. The van der Waals surface area contributed by atoms with Crippen LogP contribution in [0.2, 0.25) is 0 Å². The van der Waals surface area contributed by atoms with Crippen molar-refractivity contribution in [2.24, 2.45) is 5.92 Å². The fourth-order valence-corrected chi connectivity index (χ4v) is 1.80. The Balaban J connectivity index is 1.80. The number of hydrogen-bond donors (Lipinski definition) is 1. The van der Waals surface area contributed by atoms with Gasteiger partial charge in [0.15, 0.2) is 0 Å². The highest BCUT2D eigenvalue weighted by molar-refractivity contribution is 5.89. The van der Waals surface area contributed by atoms with E-state index < -0.39 is 6.04 Å². The third kappa shape index (κ3) is 2.72. The van der Waals surface area contributed by atoms with Gasteiger partial charge in [-0.3, -0.25) is 9.59 Å². The van der Waals surface area contributed by atoms with Gasteiger partial charge in [0.05, 0.1) is 13.2 Å². The molecule has 2 fully saturated rings. The minimum absolute atomic E-state index is 0.00250. The summed E-state index contributed by atoms with van der Waals surface area (Å²) in [5, 5.41) is 2.77. The Morgan fingerprint density at radius 2 is 1.94 bits per heavy atom. The molecule has 1 saturated heterocycles. The van der Waals surface area contributed by atoms with Crippen LogP contribution in [0, 0.1) is 5.92 Å². The van der Waals surface area contributed by atoms with Gasteiger partial charge in [-0.2, -0.15) is 0 Å². The van der Waals surface area contributed by atoms with Gasteiger partial charge in [0, 0.05) is 19.0 Å². The van der Waals surface area contributed by atoms with Gasteiger partial charge in [0.1, 0.15) is 6.04 Å². The van der Waals surface area contributed by atoms with Crippen molar-refractivity contribution < 1.29 is 14.3 Å². The Morgan fingerprint density at radius 1 is 1.31 bits per heavy atom. The van der Waals surface area contributed by atoms with Gasteiger partial charge >= 0.3 is 0 Å². The van der Waals surface area contributed by atoms with Crippen molar-refractivity contribution in [3.8, 4) is 0 Å². The summed E-state index contributed by atoms with van der Waals surface area (Å²) in [6, 6.07) is -0.411. The van der Waals surface area contributed by atoms with E-state index in [-0.39, 0.29) is 17.7 Å². The van der Waals surface area contributed by atoms with Crippen LogP contribution >= 0.6 is 0 Å². The van der Waals surface area contributed by atoms with Crippen LogP contribution in [0.25, 0.3) is 0 Å². The molecule has 5 nitrogen and oxygen atoms in total. The SMILES string of the molecule is C[C@H](NC(=O)C1CC1)C(=O)N1CCOCC1. The van der Waals surface area contributed by atoms with Crippen LogP contribution in [0.3, 0.4) is 0 Å². The van der Waals surface area contributed by atoms with Crippen LogP contribution in [0.5, 0.6) is 0 Å². The van der Waals surface area contributed by atoms with Crippen LogP contribution < -0.4 is 5.32 Å². The van der Waals surface area contributed by atoms with Crippen LogP contribution in [-0.4, -0.2) is 49.1 Å². The van der Waals surface area contributed by atoms with Gasteiger partial charge in [-0.05, 0) is 19.8 Å². The summed E-state index contributed by atoms with van der Waals surface area (Å²) in [4.78, 5) is 25.2. The molecule has 0 radical (unpaired) electrons. The van der Waals surface area contributed by atoms with E-state index in [4.69, 9.17) is 4.74 Å². The topological polar surface area (TPSA) is 58.6 Å². The summed E-state index contributed by atoms with van der Waals surface area (Å²) in [6.45, 7) is 4.19. The molecule has 5 heteroatoms. The van der Waals surface area contributed by atoms with Crippen LogP contribution in [0.4, 0.5) is 0 Å². The first kappa shape index (κ1) is 11.4. The van der Waals surface area contributed by atoms with Crippen LogP contribution in [-0.2, 0) is 14.3 Å². The number of morpholine rings is 1. The maximum atomic E-state index is 11.9. The zero-order valence-corrected chi connectivity index (χ0v) is 9.57. The smallest absolute Gasteiger partial charge is 0.245 e. The Kier molecular flexibility index (Phi) is 3.43. The molecular formula is C11H18N2O3. The summed E-state index contributed by atoms with van der Waals surface area (Å²) in [5.41, 5.74) is 0. The average molecular weight is 226 g/mol. The summed E-state index contributed by atoms with van der Waals surface area (Å²) < 4.78 is 5.18. The van der Waals surface area contributed by atoms with Crippen molar-refractivity contribution in [2.75, 3.05) is 26.3 Å². The van der Waals surface area contributed by atoms with E-state index in [2.05, 4.69) is 5.32 Å². The van der Waals surface area contributed by atoms with Crippen molar-refractivity contribution in [1.82, 2.24) is 10.2 Å². The zero-order valence-electron chi connectivity index (χ0n) is 9.57. The number of hydrogen-bond acceptors (Lipinski definition) is 3. The van der Waals surface area contributed by atoms with Gasteiger partial charge in [-0.25, -0.2) is 0 Å².